The SMILES string of the molecule is COCOc1cc(OC)cc(C=CC[C@@H]2OC(C)(C)O[C@@H]2C(O)C#CC[C@@H](O[Si](c2ccccc2)(c2ccccc2)C(C)(C)C)C(F)(F)F)c1C(=O)OCC[Si](C)(C)C. The fourth-order valence-electron chi connectivity index (χ4n) is 6.95. The highest BCUT2D eigenvalue weighted by molar-refractivity contribution is 6.99. The van der Waals surface area contributed by atoms with Gasteiger partial charge in [0.05, 0.1) is 19.8 Å². The molecule has 1 unspecified atom stereocenters. The summed E-state index contributed by atoms with van der Waals surface area (Å²) in [5.74, 6) is 4.14. The van der Waals surface area contributed by atoms with Gasteiger partial charge in [0, 0.05) is 27.7 Å². The summed E-state index contributed by atoms with van der Waals surface area (Å²) in [6, 6.07) is 22.2. The molecule has 0 saturated carbocycles. The van der Waals surface area contributed by atoms with E-state index in [9.17, 15) is 23.1 Å². The van der Waals surface area contributed by atoms with E-state index in [0.717, 1.165) is 6.04 Å². The van der Waals surface area contributed by atoms with Crippen molar-refractivity contribution in [1.29, 1.82) is 0 Å². The lowest BCUT2D eigenvalue weighted by molar-refractivity contribution is -0.195. The Morgan fingerprint density at radius 3 is 2.10 bits per heavy atom. The van der Waals surface area contributed by atoms with Gasteiger partial charge in [0.1, 0.15) is 29.3 Å². The Hall–Kier alpha value is -3.95. The second-order valence-electron chi connectivity index (χ2n) is 17.1. The minimum atomic E-state index is -4.76. The Morgan fingerprint density at radius 2 is 1.58 bits per heavy atom. The summed E-state index contributed by atoms with van der Waals surface area (Å²) in [5, 5.41) is 12.0. The molecule has 322 valence electrons. The molecule has 3 aromatic carbocycles. The summed E-state index contributed by atoms with van der Waals surface area (Å²) in [5.41, 5.74) is 0.628. The van der Waals surface area contributed by atoms with Crippen LogP contribution in [0, 0.1) is 11.8 Å². The quantitative estimate of drug-likeness (QED) is 0.0622. The number of halogens is 3. The van der Waals surface area contributed by atoms with Gasteiger partial charge in [0.15, 0.2) is 18.7 Å². The molecule has 1 fully saturated rings. The third kappa shape index (κ3) is 12.8. The Bertz CT molecular complexity index is 1870. The summed E-state index contributed by atoms with van der Waals surface area (Å²) < 4.78 is 85.4. The highest BCUT2D eigenvalue weighted by Gasteiger charge is 2.55. The lowest BCUT2D eigenvalue weighted by atomic mass is 10.0. The molecule has 4 rings (SSSR count). The number of esters is 1. The van der Waals surface area contributed by atoms with Crippen molar-refractivity contribution in [2.45, 2.75) is 115 Å². The van der Waals surface area contributed by atoms with Crippen molar-refractivity contribution in [2.24, 2.45) is 0 Å². The van der Waals surface area contributed by atoms with Crippen LogP contribution in [0.1, 0.15) is 63.4 Å². The van der Waals surface area contributed by atoms with Crippen molar-refractivity contribution in [3.8, 4) is 23.3 Å². The van der Waals surface area contributed by atoms with Crippen molar-refractivity contribution >= 4 is 38.8 Å². The molecule has 1 heterocycles. The lowest BCUT2D eigenvalue weighted by Crippen LogP contribution is -2.68. The van der Waals surface area contributed by atoms with Crippen molar-refractivity contribution in [3.63, 3.8) is 0 Å². The molecule has 3 aromatic rings. The van der Waals surface area contributed by atoms with E-state index >= 15 is 0 Å². The molecule has 1 aliphatic rings. The molecule has 0 aromatic heterocycles. The zero-order valence-electron chi connectivity index (χ0n) is 35.8. The molecule has 0 bridgehead atoms. The smallest absolute Gasteiger partial charge is 0.414 e. The summed E-state index contributed by atoms with van der Waals surface area (Å²) in [6.45, 7) is 15.8. The van der Waals surface area contributed by atoms with Gasteiger partial charge in [-0.25, -0.2) is 4.79 Å². The monoisotopic (exact) mass is 856 g/mol. The van der Waals surface area contributed by atoms with Crippen molar-refractivity contribution < 1.29 is 55.9 Å². The summed E-state index contributed by atoms with van der Waals surface area (Å²) in [4.78, 5) is 13.5. The van der Waals surface area contributed by atoms with Crippen molar-refractivity contribution in [3.05, 3.63) is 90.0 Å². The van der Waals surface area contributed by atoms with Gasteiger partial charge in [0.2, 0.25) is 0 Å². The van der Waals surface area contributed by atoms with E-state index in [1.807, 2.05) is 57.2 Å². The van der Waals surface area contributed by atoms with Gasteiger partial charge in [-0.2, -0.15) is 13.2 Å². The molecular weight excluding hydrogens is 798 g/mol. The molecule has 0 spiro atoms. The van der Waals surface area contributed by atoms with Gasteiger partial charge in [-0.1, -0.05) is 125 Å². The second kappa shape index (κ2) is 20.1. The lowest BCUT2D eigenvalue weighted by Gasteiger charge is -2.45. The number of aliphatic hydroxyl groups is 1. The molecule has 0 amide bonds. The zero-order valence-corrected chi connectivity index (χ0v) is 37.8. The summed E-state index contributed by atoms with van der Waals surface area (Å²) in [7, 11) is -2.13. The van der Waals surface area contributed by atoms with Gasteiger partial charge >= 0.3 is 12.1 Å². The second-order valence-corrected chi connectivity index (χ2v) is 27.0. The first-order valence-corrected chi connectivity index (χ1v) is 25.3. The molecule has 59 heavy (non-hydrogen) atoms. The first kappa shape index (κ1) is 47.7. The Kier molecular flexibility index (Phi) is 16.2. The number of carbonyl (C=O) groups excluding carboxylic acids is 1. The van der Waals surface area contributed by atoms with Crippen LogP contribution in [0.25, 0.3) is 6.08 Å². The Balaban J connectivity index is 1.60. The number of benzene rings is 3. The summed E-state index contributed by atoms with van der Waals surface area (Å²) in [6.07, 6.45) is -7.37. The number of rotatable bonds is 17. The van der Waals surface area contributed by atoms with E-state index in [-0.39, 0.29) is 31.1 Å². The van der Waals surface area contributed by atoms with E-state index in [2.05, 4.69) is 31.5 Å². The molecule has 14 heteroatoms. The Morgan fingerprint density at radius 1 is 0.966 bits per heavy atom. The summed E-state index contributed by atoms with van der Waals surface area (Å²) >= 11 is 0. The fraction of sp³-hybridized carbons (Fsp3) is 0.489. The van der Waals surface area contributed by atoms with Crippen LogP contribution in [0.3, 0.4) is 0 Å². The molecule has 0 aliphatic carbocycles. The van der Waals surface area contributed by atoms with E-state index in [1.165, 1.54) is 14.2 Å². The van der Waals surface area contributed by atoms with Crippen molar-refractivity contribution in [2.75, 3.05) is 27.6 Å². The number of ether oxygens (including phenoxy) is 6. The highest BCUT2D eigenvalue weighted by Crippen LogP contribution is 2.41. The standard InChI is InChI=1S/C45H59F3O9Si2/c1-43(2,3)59(34-20-13-11-14-21-34,35-22-15-12-16-23-35)57-39(45(46,47)48)26-18-24-36(49)41-37(55-44(4,5)56-41)25-17-19-32-29-33(52-7)30-38(54-31-51-6)40(32)42(50)53-27-28-58(8,9)10/h11-17,19-23,29-30,36-37,39,41,49H,25-28,31H2,1-10H3/t36?,37-,39+,41+/m0/s1. The van der Waals surface area contributed by atoms with Crippen LogP contribution in [0.5, 0.6) is 11.5 Å². The van der Waals surface area contributed by atoms with Crippen LogP contribution in [-0.4, -0.2) is 91.5 Å². The topological polar surface area (TPSA) is 102 Å². The minimum absolute atomic E-state index is 0.121. The van der Waals surface area contributed by atoms with E-state index in [1.54, 1.807) is 62.4 Å². The predicted octanol–water partition coefficient (Wildman–Crippen LogP) is 8.36. The largest absolute Gasteiger partial charge is 0.497 e. The maximum atomic E-state index is 14.9. The number of aliphatic hydroxyl groups excluding tert-OH is 1. The molecule has 0 radical (unpaired) electrons. The van der Waals surface area contributed by atoms with E-state index in [4.69, 9.17) is 32.8 Å². The van der Waals surface area contributed by atoms with Crippen LogP contribution in [-0.2, 0) is 23.4 Å². The maximum Gasteiger partial charge on any atom is 0.414 e. The van der Waals surface area contributed by atoms with Crippen LogP contribution in [0.4, 0.5) is 13.2 Å². The third-order valence-corrected chi connectivity index (χ3v) is 16.5. The fourth-order valence-corrected chi connectivity index (χ4v) is 12.3. The number of carbonyl (C=O) groups is 1. The third-order valence-electron chi connectivity index (χ3n) is 9.80. The predicted molar refractivity (Wildman–Crippen MR) is 228 cm³/mol. The average molecular weight is 857 g/mol. The normalized spacial score (nSPS) is 18.2. The number of hydrogen-bond donors (Lipinski definition) is 1. The van der Waals surface area contributed by atoms with Crippen LogP contribution in [0.15, 0.2) is 78.9 Å². The zero-order chi connectivity index (χ0) is 43.6. The molecule has 1 N–H and O–H groups in total. The van der Waals surface area contributed by atoms with Gasteiger partial charge in [-0.05, 0) is 53.4 Å². The van der Waals surface area contributed by atoms with Crippen LogP contribution < -0.4 is 19.8 Å². The first-order chi connectivity index (χ1) is 27.6. The van der Waals surface area contributed by atoms with E-state index < -0.39 is 70.2 Å². The molecule has 4 atom stereocenters. The van der Waals surface area contributed by atoms with Crippen LogP contribution >= 0.6 is 0 Å². The number of alkyl halides is 3. The van der Waals surface area contributed by atoms with Crippen molar-refractivity contribution in [1.82, 2.24) is 0 Å². The average Bonchev–Trinajstić information content (AvgIpc) is 3.48. The maximum absolute atomic E-state index is 14.9. The molecule has 9 nitrogen and oxygen atoms in total. The van der Waals surface area contributed by atoms with Gasteiger partial charge < -0.3 is 38.0 Å². The number of hydrogen-bond acceptors (Lipinski definition) is 9. The van der Waals surface area contributed by atoms with Crippen LogP contribution in [0.2, 0.25) is 30.7 Å². The molecule has 1 aliphatic heterocycles. The Labute approximate surface area is 349 Å². The molecular formula is C45H59F3O9Si2. The van der Waals surface area contributed by atoms with Gasteiger partial charge in [0.25, 0.3) is 8.32 Å². The van der Waals surface area contributed by atoms with Gasteiger partial charge in [-0.15, -0.1) is 0 Å². The molecule has 1 saturated heterocycles. The van der Waals surface area contributed by atoms with Gasteiger partial charge in [-0.3, -0.25) is 0 Å². The first-order valence-electron chi connectivity index (χ1n) is 19.7. The van der Waals surface area contributed by atoms with E-state index in [0.29, 0.717) is 21.7 Å². The highest BCUT2D eigenvalue weighted by atomic mass is 28.4. The number of methoxy groups -OCH3 is 2. The minimum Gasteiger partial charge on any atom is -0.497 e.